The van der Waals surface area contributed by atoms with E-state index in [0.29, 0.717) is 34.1 Å². The summed E-state index contributed by atoms with van der Waals surface area (Å²) in [5, 5.41) is 17.8. The number of carbonyl (C=O) groups is 2. The molecule has 0 bridgehead atoms. The van der Waals surface area contributed by atoms with Gasteiger partial charge < -0.3 is 18.9 Å². The van der Waals surface area contributed by atoms with Crippen LogP contribution in [0.4, 0.5) is 26.3 Å². The second kappa shape index (κ2) is 18.8. The lowest BCUT2D eigenvalue weighted by Gasteiger charge is -2.13. The van der Waals surface area contributed by atoms with Crippen LogP contribution >= 0.6 is 11.6 Å². The first-order chi connectivity index (χ1) is 29.1. The number of allylic oxidation sites excluding steroid dienone is 4. The molecule has 2 aliphatic carbocycles. The minimum atomic E-state index is -4.68. The fraction of sp³-hybridized carbons (Fsp3) is 0.319. The molecule has 0 aliphatic heterocycles. The Morgan fingerprint density at radius 1 is 0.613 bits per heavy atom. The quantitative estimate of drug-likeness (QED) is 0.0784. The summed E-state index contributed by atoms with van der Waals surface area (Å²) >= 11 is 5.32. The maximum Gasteiger partial charge on any atom is 0.426 e. The molecule has 6 rings (SSSR count). The van der Waals surface area contributed by atoms with Gasteiger partial charge in [0.25, 0.3) is 0 Å². The summed E-state index contributed by atoms with van der Waals surface area (Å²) in [6, 6.07) is 35.0. The van der Waals surface area contributed by atoms with Crippen LogP contribution < -0.4 is 9.47 Å². The van der Waals surface area contributed by atoms with Crippen molar-refractivity contribution < 1.29 is 54.9 Å². The lowest BCUT2D eigenvalue weighted by molar-refractivity contribution is -0.150. The fourth-order valence-corrected chi connectivity index (χ4v) is 7.08. The SMILES string of the molecule is C/C(=C\[C@H]1[C@@H](C(=O)O[C@H](C#N)c2cccc(Oc3ccccc3)c2)C1(C)C)C(F)(F)F.CC1(C)[C@H](/C=C(\Cl)C(F)(F)F)[C@@H]1C(=O)O[C@@H](C#N)c1cccc(Oc2ccccc2)c1. The van der Waals surface area contributed by atoms with E-state index in [0.717, 1.165) is 19.1 Å². The number of nitrogens with zero attached hydrogens (tertiary/aromatic N) is 2. The molecule has 0 radical (unpaired) electrons. The molecule has 0 unspecified atom stereocenters. The summed E-state index contributed by atoms with van der Waals surface area (Å²) in [4.78, 5) is 25.3. The van der Waals surface area contributed by atoms with Gasteiger partial charge in [-0.15, -0.1) is 0 Å². The second-order valence-corrected chi connectivity index (χ2v) is 16.3. The molecule has 62 heavy (non-hydrogen) atoms. The number of hydrogen-bond acceptors (Lipinski definition) is 8. The van der Waals surface area contributed by atoms with Crippen LogP contribution in [-0.4, -0.2) is 24.3 Å². The molecule has 324 valence electrons. The van der Waals surface area contributed by atoms with Crippen LogP contribution in [0.3, 0.4) is 0 Å². The Bertz CT molecular complexity index is 2220. The topological polar surface area (TPSA) is 119 Å². The molecule has 15 heteroatoms. The van der Waals surface area contributed by atoms with Crippen molar-refractivity contribution in [3.05, 3.63) is 143 Å². The van der Waals surface area contributed by atoms with Crippen molar-refractivity contribution in [2.75, 3.05) is 0 Å². The van der Waals surface area contributed by atoms with Crippen LogP contribution in [0.1, 0.15) is 58.0 Å². The third kappa shape index (κ3) is 11.6. The van der Waals surface area contributed by atoms with Crippen molar-refractivity contribution >= 4 is 23.5 Å². The first-order valence-corrected chi connectivity index (χ1v) is 19.5. The molecule has 0 saturated heterocycles. The van der Waals surface area contributed by atoms with Crippen LogP contribution in [0.15, 0.2) is 132 Å². The van der Waals surface area contributed by atoms with Crippen LogP contribution in [0, 0.1) is 57.2 Å². The van der Waals surface area contributed by atoms with E-state index in [4.69, 9.17) is 30.5 Å². The Labute approximate surface area is 359 Å². The molecule has 8 nitrogen and oxygen atoms in total. The lowest BCUT2D eigenvalue weighted by Crippen LogP contribution is -2.14. The standard InChI is InChI=1S/C24H22F3NO3.C23H19ClF3NO3/c1-15(24(25,26)27)12-19-21(23(19,2)3)22(29)31-20(14-28)16-8-7-11-18(13-16)30-17-9-5-4-6-10-17;1-22(2)17(12-19(24)23(25,26)27)20(22)21(29)31-18(13-28)14-7-6-10-16(11-14)30-15-8-4-3-5-9-15/h4-13,19-21H,1-3H3;3-12,17-18,20H,1-2H3/b15-12+;19-12-/t19-,20+,21-;17-,18+,20-/m01/s1. The van der Waals surface area contributed by atoms with Gasteiger partial charge in [0.05, 0.1) is 11.8 Å². The van der Waals surface area contributed by atoms with Gasteiger partial charge >= 0.3 is 24.3 Å². The first kappa shape index (κ1) is 46.8. The van der Waals surface area contributed by atoms with Gasteiger partial charge in [-0.3, -0.25) is 9.59 Å². The maximum atomic E-state index is 12.9. The predicted molar refractivity (Wildman–Crippen MR) is 216 cm³/mol. The molecule has 4 aromatic carbocycles. The average molecular weight is 879 g/mol. The molecule has 2 fully saturated rings. The Morgan fingerprint density at radius 3 is 1.34 bits per heavy atom. The van der Waals surface area contributed by atoms with Crippen molar-refractivity contribution in [1.82, 2.24) is 0 Å². The van der Waals surface area contributed by atoms with Gasteiger partial charge in [0.1, 0.15) is 40.2 Å². The van der Waals surface area contributed by atoms with Crippen LogP contribution in [0.5, 0.6) is 23.0 Å². The van der Waals surface area contributed by atoms with E-state index < -0.39 is 81.6 Å². The maximum absolute atomic E-state index is 12.9. The zero-order valence-corrected chi connectivity index (χ0v) is 34.8. The molecule has 0 aromatic heterocycles. The monoisotopic (exact) mass is 878 g/mol. The Morgan fingerprint density at radius 2 is 0.984 bits per heavy atom. The van der Waals surface area contributed by atoms with Crippen molar-refractivity contribution in [3.8, 4) is 35.1 Å². The Hall–Kier alpha value is -6.25. The Balaban J connectivity index is 0.000000234. The number of rotatable bonds is 12. The van der Waals surface area contributed by atoms with Gasteiger partial charge in [-0.2, -0.15) is 36.9 Å². The highest BCUT2D eigenvalue weighted by molar-refractivity contribution is 6.30. The summed E-state index contributed by atoms with van der Waals surface area (Å²) in [6.07, 6.45) is -9.64. The molecule has 2 saturated carbocycles. The number of carbonyl (C=O) groups excluding carboxylic acids is 2. The van der Waals surface area contributed by atoms with Gasteiger partial charge in [-0.1, -0.05) is 112 Å². The van der Waals surface area contributed by atoms with Crippen molar-refractivity contribution in [2.45, 2.75) is 59.2 Å². The third-order valence-electron chi connectivity index (χ3n) is 10.8. The van der Waals surface area contributed by atoms with E-state index in [9.17, 15) is 46.5 Å². The molecular formula is C47H41ClF6N2O6. The van der Waals surface area contributed by atoms with Crippen molar-refractivity contribution in [2.24, 2.45) is 34.5 Å². The molecule has 2 aliphatic rings. The van der Waals surface area contributed by atoms with E-state index in [1.54, 1.807) is 100 Å². The minimum absolute atomic E-state index is 0.392. The first-order valence-electron chi connectivity index (χ1n) is 19.1. The van der Waals surface area contributed by atoms with Crippen molar-refractivity contribution in [3.63, 3.8) is 0 Å². The number of nitriles is 2. The zero-order chi connectivity index (χ0) is 45.6. The third-order valence-corrected chi connectivity index (χ3v) is 11.1. The number of hydrogen-bond donors (Lipinski definition) is 0. The van der Waals surface area contributed by atoms with Crippen LogP contribution in [0.25, 0.3) is 0 Å². The number of halogens is 7. The molecule has 4 aromatic rings. The smallest absolute Gasteiger partial charge is 0.426 e. The van der Waals surface area contributed by atoms with Gasteiger partial charge in [-0.25, -0.2) is 0 Å². The van der Waals surface area contributed by atoms with E-state index >= 15 is 0 Å². The van der Waals surface area contributed by atoms with Gasteiger partial charge in [-0.05, 0) is 78.1 Å². The highest BCUT2D eigenvalue weighted by Gasteiger charge is 2.63. The van der Waals surface area contributed by atoms with Crippen LogP contribution in [-0.2, 0) is 19.1 Å². The summed E-state index contributed by atoms with van der Waals surface area (Å²) in [5.74, 6) is -2.23. The Kier molecular flexibility index (Phi) is 14.2. The van der Waals surface area contributed by atoms with E-state index in [1.807, 2.05) is 48.5 Å². The number of para-hydroxylation sites is 2. The fourth-order valence-electron chi connectivity index (χ4n) is 6.94. The number of esters is 2. The highest BCUT2D eigenvalue weighted by Crippen LogP contribution is 2.61. The normalized spacial score (nSPS) is 21.0. The van der Waals surface area contributed by atoms with E-state index in [1.165, 1.54) is 0 Å². The minimum Gasteiger partial charge on any atom is -0.457 e. The second-order valence-electron chi connectivity index (χ2n) is 15.9. The van der Waals surface area contributed by atoms with Gasteiger partial charge in [0.2, 0.25) is 12.2 Å². The molecule has 0 heterocycles. The summed E-state index contributed by atoms with van der Waals surface area (Å²) in [5.41, 5.74) is -1.38. The number of benzene rings is 4. The molecule has 0 amide bonds. The average Bonchev–Trinajstić information content (AvgIpc) is 3.99. The lowest BCUT2D eigenvalue weighted by atomic mass is 10.1. The van der Waals surface area contributed by atoms with Crippen LogP contribution in [0.2, 0.25) is 0 Å². The summed E-state index contributed by atoms with van der Waals surface area (Å²) in [7, 11) is 0. The van der Waals surface area contributed by atoms with Gasteiger partial charge in [0, 0.05) is 16.7 Å². The van der Waals surface area contributed by atoms with Gasteiger partial charge in [0.15, 0.2) is 0 Å². The molecule has 0 N–H and O–H groups in total. The number of alkyl halides is 6. The summed E-state index contributed by atoms with van der Waals surface area (Å²) < 4.78 is 98.9. The largest absolute Gasteiger partial charge is 0.457 e. The summed E-state index contributed by atoms with van der Waals surface area (Å²) in [6.45, 7) is 7.69. The number of ether oxygens (including phenoxy) is 4. The zero-order valence-electron chi connectivity index (χ0n) is 34.0. The highest BCUT2D eigenvalue weighted by atomic mass is 35.5. The predicted octanol–water partition coefficient (Wildman–Crippen LogP) is 12.9. The van der Waals surface area contributed by atoms with E-state index in [-0.39, 0.29) is 0 Å². The van der Waals surface area contributed by atoms with E-state index in [2.05, 4.69) is 0 Å². The van der Waals surface area contributed by atoms with Crippen molar-refractivity contribution in [1.29, 1.82) is 10.5 Å². The molecule has 6 atom stereocenters. The molecular weight excluding hydrogens is 838 g/mol. The molecule has 0 spiro atoms.